The largest absolute Gasteiger partial charge is 0.426 e. The number of hydrogen-bond donors (Lipinski definition) is 1. The van der Waals surface area contributed by atoms with Gasteiger partial charge in [0.25, 0.3) is 0 Å². The molecule has 0 saturated carbocycles. The van der Waals surface area contributed by atoms with E-state index in [2.05, 4.69) is 0 Å². The molecule has 0 bridgehead atoms. The first kappa shape index (κ1) is 22.7. The summed E-state index contributed by atoms with van der Waals surface area (Å²) >= 11 is 0. The minimum absolute atomic E-state index is 0.0300. The fraction of sp³-hybridized carbons (Fsp3) is 0.571. The molecule has 1 atom stereocenters. The van der Waals surface area contributed by atoms with Crippen molar-refractivity contribution in [3.8, 4) is 17.6 Å². The molecule has 148 valence electrons. The van der Waals surface area contributed by atoms with E-state index in [4.69, 9.17) is 14.7 Å². The van der Waals surface area contributed by atoms with Crippen LogP contribution >= 0.6 is 0 Å². The zero-order chi connectivity index (χ0) is 20.9. The monoisotopic (exact) mass is 375 g/mol. The first-order chi connectivity index (χ1) is 12.4. The minimum Gasteiger partial charge on any atom is -0.426 e. The summed E-state index contributed by atoms with van der Waals surface area (Å²) in [6.07, 6.45) is 0.446. The fourth-order valence-electron chi connectivity index (χ4n) is 2.94. The Kier molecular flexibility index (Phi) is 7.55. The molecule has 0 spiro atoms. The quantitative estimate of drug-likeness (QED) is 0.440. The standard InChI is InChI=1S/C21H29NO5/c1-12(2)17-10-18(26-14(5)23)16(8-9-21(7,25)11-22)19(13(3)4)20(17)27-15(6)24/h10,12-13,25H,8-9H2,1-7H3. The lowest BCUT2D eigenvalue weighted by Crippen LogP contribution is -2.23. The van der Waals surface area contributed by atoms with Crippen molar-refractivity contribution in [2.24, 2.45) is 0 Å². The van der Waals surface area contributed by atoms with E-state index < -0.39 is 17.5 Å². The van der Waals surface area contributed by atoms with E-state index >= 15 is 0 Å². The van der Waals surface area contributed by atoms with Gasteiger partial charge in [0.05, 0.1) is 6.07 Å². The number of benzene rings is 1. The summed E-state index contributed by atoms with van der Waals surface area (Å²) in [4.78, 5) is 23.3. The lowest BCUT2D eigenvalue weighted by molar-refractivity contribution is -0.133. The maximum atomic E-state index is 11.7. The SMILES string of the molecule is CC(=O)Oc1cc(C(C)C)c(OC(C)=O)c(C(C)C)c1CCC(C)(O)C#N. The Hall–Kier alpha value is -2.39. The zero-order valence-corrected chi connectivity index (χ0v) is 17.2. The van der Waals surface area contributed by atoms with E-state index in [9.17, 15) is 14.7 Å². The van der Waals surface area contributed by atoms with Gasteiger partial charge >= 0.3 is 11.9 Å². The number of carbonyl (C=O) groups excluding carboxylic acids is 2. The van der Waals surface area contributed by atoms with Gasteiger partial charge in [0.15, 0.2) is 0 Å². The van der Waals surface area contributed by atoms with Gasteiger partial charge in [0.1, 0.15) is 17.1 Å². The van der Waals surface area contributed by atoms with E-state index in [0.29, 0.717) is 23.5 Å². The number of rotatable bonds is 7. The highest BCUT2D eigenvalue weighted by Crippen LogP contribution is 2.43. The second-order valence-electron chi connectivity index (χ2n) is 7.57. The zero-order valence-electron chi connectivity index (χ0n) is 17.2. The number of hydrogen-bond acceptors (Lipinski definition) is 6. The van der Waals surface area contributed by atoms with Gasteiger partial charge in [-0.1, -0.05) is 27.7 Å². The Labute approximate surface area is 161 Å². The number of ether oxygens (including phenoxy) is 2. The van der Waals surface area contributed by atoms with Crippen molar-refractivity contribution in [3.63, 3.8) is 0 Å². The van der Waals surface area contributed by atoms with Gasteiger partial charge in [0, 0.05) is 30.5 Å². The molecule has 0 aliphatic carbocycles. The summed E-state index contributed by atoms with van der Waals surface area (Å²) < 4.78 is 11.0. The third kappa shape index (κ3) is 6.07. The molecule has 0 saturated heterocycles. The Morgan fingerprint density at radius 1 is 1.15 bits per heavy atom. The van der Waals surface area contributed by atoms with Crippen molar-refractivity contribution >= 4 is 11.9 Å². The first-order valence-corrected chi connectivity index (χ1v) is 9.09. The number of esters is 2. The molecule has 0 fully saturated rings. The third-order valence-electron chi connectivity index (χ3n) is 4.22. The first-order valence-electron chi connectivity index (χ1n) is 9.09. The minimum atomic E-state index is -1.51. The lowest BCUT2D eigenvalue weighted by atomic mass is 9.86. The highest BCUT2D eigenvalue weighted by molar-refractivity contribution is 5.74. The Morgan fingerprint density at radius 2 is 1.70 bits per heavy atom. The maximum Gasteiger partial charge on any atom is 0.308 e. The second kappa shape index (κ2) is 9.01. The van der Waals surface area contributed by atoms with Crippen molar-refractivity contribution in [3.05, 3.63) is 22.8 Å². The molecule has 0 aliphatic heterocycles. The fourth-order valence-corrected chi connectivity index (χ4v) is 2.94. The van der Waals surface area contributed by atoms with Gasteiger partial charge in [-0.2, -0.15) is 5.26 Å². The summed E-state index contributed by atoms with van der Waals surface area (Å²) in [5, 5.41) is 19.2. The van der Waals surface area contributed by atoms with E-state index in [1.807, 2.05) is 33.8 Å². The molecule has 1 aromatic carbocycles. The maximum absolute atomic E-state index is 11.7. The van der Waals surface area contributed by atoms with Gasteiger partial charge in [0.2, 0.25) is 0 Å². The summed E-state index contributed by atoms with van der Waals surface area (Å²) in [7, 11) is 0. The van der Waals surface area contributed by atoms with Gasteiger partial charge < -0.3 is 14.6 Å². The molecule has 6 heteroatoms. The Balaban J connectivity index is 3.73. The molecular weight excluding hydrogens is 346 g/mol. The van der Waals surface area contributed by atoms with Crippen LogP contribution in [0.15, 0.2) is 6.07 Å². The van der Waals surface area contributed by atoms with Crippen LogP contribution < -0.4 is 9.47 Å². The average Bonchev–Trinajstić information content (AvgIpc) is 2.52. The van der Waals surface area contributed by atoms with Crippen LogP contribution in [0.5, 0.6) is 11.5 Å². The van der Waals surface area contributed by atoms with Crippen LogP contribution in [0.3, 0.4) is 0 Å². The van der Waals surface area contributed by atoms with Crippen molar-refractivity contribution in [1.82, 2.24) is 0 Å². The molecule has 0 amide bonds. The van der Waals surface area contributed by atoms with Crippen molar-refractivity contribution in [1.29, 1.82) is 5.26 Å². The molecule has 0 heterocycles. The molecule has 1 N–H and O–H groups in total. The highest BCUT2D eigenvalue weighted by Gasteiger charge is 2.28. The van der Waals surface area contributed by atoms with Crippen molar-refractivity contribution in [2.75, 3.05) is 0 Å². The van der Waals surface area contributed by atoms with Crippen LogP contribution in [0.1, 0.15) is 83.4 Å². The predicted octanol–water partition coefficient (Wildman–Crippen LogP) is 3.99. The molecule has 0 radical (unpaired) electrons. The van der Waals surface area contributed by atoms with Crippen molar-refractivity contribution in [2.45, 2.75) is 78.7 Å². The summed E-state index contributed by atoms with van der Waals surface area (Å²) in [6.45, 7) is 11.9. The van der Waals surface area contributed by atoms with Crippen LogP contribution in [0.2, 0.25) is 0 Å². The Bertz CT molecular complexity index is 757. The topological polar surface area (TPSA) is 96.6 Å². The van der Waals surface area contributed by atoms with Crippen molar-refractivity contribution < 1.29 is 24.2 Å². The van der Waals surface area contributed by atoms with Crippen LogP contribution in [-0.2, 0) is 16.0 Å². The van der Waals surface area contributed by atoms with Gasteiger partial charge in [-0.15, -0.1) is 0 Å². The van der Waals surface area contributed by atoms with E-state index in [1.54, 1.807) is 6.07 Å². The van der Waals surface area contributed by atoms with E-state index in [1.165, 1.54) is 20.8 Å². The molecular formula is C21H29NO5. The average molecular weight is 375 g/mol. The molecule has 0 aliphatic rings. The van der Waals surface area contributed by atoms with Crippen LogP contribution in [0.25, 0.3) is 0 Å². The molecule has 1 unspecified atom stereocenters. The van der Waals surface area contributed by atoms with Crippen LogP contribution in [-0.4, -0.2) is 22.6 Å². The Morgan fingerprint density at radius 3 is 2.11 bits per heavy atom. The molecule has 1 aromatic rings. The third-order valence-corrected chi connectivity index (χ3v) is 4.22. The molecule has 27 heavy (non-hydrogen) atoms. The number of aliphatic hydroxyl groups is 1. The highest BCUT2D eigenvalue weighted by atomic mass is 16.5. The number of nitrogens with zero attached hydrogens (tertiary/aromatic N) is 1. The van der Waals surface area contributed by atoms with Gasteiger partial charge in [-0.05, 0) is 37.7 Å². The smallest absolute Gasteiger partial charge is 0.308 e. The second-order valence-corrected chi connectivity index (χ2v) is 7.57. The summed E-state index contributed by atoms with van der Waals surface area (Å²) in [5.74, 6) is -0.0617. The lowest BCUT2D eigenvalue weighted by Gasteiger charge is -2.25. The van der Waals surface area contributed by atoms with Gasteiger partial charge in [-0.25, -0.2) is 0 Å². The van der Waals surface area contributed by atoms with Crippen LogP contribution in [0.4, 0.5) is 0 Å². The molecule has 6 nitrogen and oxygen atoms in total. The predicted molar refractivity (Wildman–Crippen MR) is 102 cm³/mol. The normalized spacial score (nSPS) is 13.2. The summed E-state index contributed by atoms with van der Waals surface area (Å²) in [5.41, 5.74) is 0.666. The number of carbonyl (C=O) groups is 2. The van der Waals surface area contributed by atoms with Gasteiger partial charge in [-0.3, -0.25) is 9.59 Å². The van der Waals surface area contributed by atoms with E-state index in [0.717, 1.165) is 11.1 Å². The van der Waals surface area contributed by atoms with E-state index in [-0.39, 0.29) is 18.3 Å². The molecule has 1 rings (SSSR count). The number of nitriles is 1. The molecule has 0 aromatic heterocycles. The van der Waals surface area contributed by atoms with Crippen LogP contribution in [0, 0.1) is 11.3 Å². The summed E-state index contributed by atoms with van der Waals surface area (Å²) in [6, 6.07) is 3.57.